The molecular weight excluding hydrogens is 496 g/mol. The fourth-order valence-electron chi connectivity index (χ4n) is 5.08. The van der Waals surface area contributed by atoms with E-state index in [0.717, 1.165) is 53.7 Å². The summed E-state index contributed by atoms with van der Waals surface area (Å²) in [4.78, 5) is 18.4. The van der Waals surface area contributed by atoms with Crippen LogP contribution in [0.5, 0.6) is 11.5 Å². The summed E-state index contributed by atoms with van der Waals surface area (Å²) in [5.41, 5.74) is 4.93. The van der Waals surface area contributed by atoms with E-state index in [2.05, 4.69) is 45.3 Å². The minimum absolute atomic E-state index is 0.0826. The Morgan fingerprint density at radius 1 is 1.08 bits per heavy atom. The lowest BCUT2D eigenvalue weighted by atomic mass is 10.0. The number of methoxy groups -OCH3 is 2. The van der Waals surface area contributed by atoms with Gasteiger partial charge in [-0.2, -0.15) is 0 Å². The van der Waals surface area contributed by atoms with Gasteiger partial charge in [0.15, 0.2) is 17.3 Å². The normalized spacial score (nSPS) is 15.4. The number of hydrogen-bond donors (Lipinski definition) is 1. The maximum atomic E-state index is 13.1. The molecule has 39 heavy (non-hydrogen) atoms. The number of hydrogen-bond acceptors (Lipinski definition) is 8. The monoisotopic (exact) mass is 532 g/mol. The summed E-state index contributed by atoms with van der Waals surface area (Å²) < 4.78 is 18.5. The van der Waals surface area contributed by atoms with Crippen molar-refractivity contribution in [2.24, 2.45) is 0 Å². The third kappa shape index (κ3) is 6.29. The Hall–Kier alpha value is -3.76. The molecule has 2 aromatic heterocycles. The van der Waals surface area contributed by atoms with Crippen molar-refractivity contribution >= 4 is 10.9 Å². The van der Waals surface area contributed by atoms with Gasteiger partial charge in [-0.1, -0.05) is 6.07 Å². The van der Waals surface area contributed by atoms with E-state index < -0.39 is 0 Å². The maximum absolute atomic E-state index is 13.1. The van der Waals surface area contributed by atoms with E-state index in [0.29, 0.717) is 43.2 Å². The fourth-order valence-corrected chi connectivity index (χ4v) is 5.08. The number of pyridine rings is 1. The first-order valence-electron chi connectivity index (χ1n) is 13.4. The quantitative estimate of drug-likeness (QED) is 0.312. The lowest BCUT2D eigenvalue weighted by molar-refractivity contribution is 0.0916. The molecule has 2 aromatic carbocycles. The second kappa shape index (κ2) is 12.0. The Kier molecular flexibility index (Phi) is 8.23. The van der Waals surface area contributed by atoms with E-state index >= 15 is 0 Å². The lowest BCUT2D eigenvalue weighted by Gasteiger charge is -2.22. The van der Waals surface area contributed by atoms with Gasteiger partial charge in [-0.3, -0.25) is 9.69 Å². The minimum atomic E-state index is -0.0826. The van der Waals surface area contributed by atoms with Gasteiger partial charge in [0.2, 0.25) is 0 Å². The molecule has 10 nitrogen and oxygen atoms in total. The van der Waals surface area contributed by atoms with Crippen molar-refractivity contribution in [3.8, 4) is 11.5 Å². The number of H-pyrrole nitrogens is 1. The highest BCUT2D eigenvalue weighted by Gasteiger charge is 2.21. The number of rotatable bonds is 11. The standard InChI is InChI=1S/C29H36N6O4/c1-19-12-22-15-23(29(36)30-25(22)13-20(19)2)16-34(10-9-21-7-8-26(37-3)27(14-21)38-4)18-28-31-32-33-35(28)17-24-6-5-11-39-24/h7-8,12-15,24H,5-6,9-11,16-18H2,1-4H3,(H,30,36)/t24-/m0/s1. The number of ether oxygens (including phenoxy) is 3. The summed E-state index contributed by atoms with van der Waals surface area (Å²) in [6, 6.07) is 12.1. The van der Waals surface area contributed by atoms with Gasteiger partial charge in [0, 0.05) is 30.8 Å². The summed E-state index contributed by atoms with van der Waals surface area (Å²) >= 11 is 0. The molecule has 1 aliphatic rings. The molecule has 0 radical (unpaired) electrons. The zero-order chi connectivity index (χ0) is 27.4. The molecule has 1 atom stereocenters. The number of nitrogens with zero attached hydrogens (tertiary/aromatic N) is 5. The van der Waals surface area contributed by atoms with Gasteiger partial charge in [0.1, 0.15) is 0 Å². The molecule has 1 fully saturated rings. The Bertz CT molecular complexity index is 1490. The number of aryl methyl sites for hydroxylation is 2. The summed E-state index contributed by atoms with van der Waals surface area (Å²) in [7, 11) is 3.26. The van der Waals surface area contributed by atoms with E-state index in [1.807, 2.05) is 35.0 Å². The van der Waals surface area contributed by atoms with Crippen LogP contribution in [0, 0.1) is 13.8 Å². The van der Waals surface area contributed by atoms with Crippen molar-refractivity contribution in [1.82, 2.24) is 30.1 Å². The van der Waals surface area contributed by atoms with Crippen molar-refractivity contribution < 1.29 is 14.2 Å². The minimum Gasteiger partial charge on any atom is -0.493 e. The number of benzene rings is 2. The number of aromatic nitrogens is 5. The van der Waals surface area contributed by atoms with Crippen molar-refractivity contribution in [3.05, 3.63) is 74.8 Å². The van der Waals surface area contributed by atoms with Crippen LogP contribution in [0.4, 0.5) is 0 Å². The number of fused-ring (bicyclic) bond motifs is 1. The number of tetrazole rings is 1. The van der Waals surface area contributed by atoms with Gasteiger partial charge in [-0.15, -0.1) is 5.10 Å². The zero-order valence-corrected chi connectivity index (χ0v) is 23.1. The highest BCUT2D eigenvalue weighted by atomic mass is 16.5. The van der Waals surface area contributed by atoms with Crippen LogP contribution >= 0.6 is 0 Å². The van der Waals surface area contributed by atoms with Crippen LogP contribution in [0.3, 0.4) is 0 Å². The van der Waals surface area contributed by atoms with Gasteiger partial charge in [0.25, 0.3) is 5.56 Å². The lowest BCUT2D eigenvalue weighted by Crippen LogP contribution is -2.30. The van der Waals surface area contributed by atoms with E-state index in [1.165, 1.54) is 5.56 Å². The van der Waals surface area contributed by atoms with Crippen molar-refractivity contribution in [3.63, 3.8) is 0 Å². The van der Waals surface area contributed by atoms with Crippen molar-refractivity contribution in [2.75, 3.05) is 27.4 Å². The van der Waals surface area contributed by atoms with Gasteiger partial charge in [-0.05, 0) is 95.9 Å². The average Bonchev–Trinajstić information content (AvgIpc) is 3.61. The van der Waals surface area contributed by atoms with Crippen LogP contribution in [0.15, 0.2) is 41.2 Å². The molecule has 1 saturated heterocycles. The van der Waals surface area contributed by atoms with Gasteiger partial charge in [0.05, 0.1) is 33.4 Å². The molecular formula is C29H36N6O4. The molecule has 4 aromatic rings. The Morgan fingerprint density at radius 3 is 2.67 bits per heavy atom. The molecule has 206 valence electrons. The highest BCUT2D eigenvalue weighted by molar-refractivity contribution is 5.80. The number of nitrogens with one attached hydrogen (secondary N) is 1. The molecule has 5 rings (SSSR count). The van der Waals surface area contributed by atoms with Gasteiger partial charge >= 0.3 is 0 Å². The van der Waals surface area contributed by atoms with Crippen molar-refractivity contribution in [2.45, 2.75) is 58.8 Å². The maximum Gasteiger partial charge on any atom is 0.252 e. The highest BCUT2D eigenvalue weighted by Crippen LogP contribution is 2.28. The second-order valence-electron chi connectivity index (χ2n) is 10.2. The van der Waals surface area contributed by atoms with Crippen LogP contribution in [0.1, 0.15) is 40.9 Å². The summed E-state index contributed by atoms with van der Waals surface area (Å²) in [6.45, 7) is 7.19. The van der Waals surface area contributed by atoms with Gasteiger partial charge < -0.3 is 19.2 Å². The fraction of sp³-hybridized carbons (Fsp3) is 0.448. The molecule has 0 aliphatic carbocycles. The molecule has 0 saturated carbocycles. The Labute approximate surface area is 227 Å². The first-order valence-corrected chi connectivity index (χ1v) is 13.4. The smallest absolute Gasteiger partial charge is 0.252 e. The predicted molar refractivity (Wildman–Crippen MR) is 148 cm³/mol. The Morgan fingerprint density at radius 2 is 1.90 bits per heavy atom. The van der Waals surface area contributed by atoms with E-state index in [-0.39, 0.29) is 11.7 Å². The van der Waals surface area contributed by atoms with E-state index in [1.54, 1.807) is 14.2 Å². The third-order valence-electron chi connectivity index (χ3n) is 7.47. The van der Waals surface area contributed by atoms with Crippen molar-refractivity contribution in [1.29, 1.82) is 0 Å². The number of aromatic amines is 1. The van der Waals surface area contributed by atoms with E-state index in [4.69, 9.17) is 14.2 Å². The largest absolute Gasteiger partial charge is 0.493 e. The van der Waals surface area contributed by atoms with Crippen LogP contribution in [-0.4, -0.2) is 63.6 Å². The molecule has 0 amide bonds. The van der Waals surface area contributed by atoms with E-state index in [9.17, 15) is 4.79 Å². The average molecular weight is 533 g/mol. The van der Waals surface area contributed by atoms with Crippen LogP contribution in [-0.2, 0) is 30.8 Å². The first-order chi connectivity index (χ1) is 18.9. The Balaban J connectivity index is 1.40. The predicted octanol–water partition coefficient (Wildman–Crippen LogP) is 3.57. The SMILES string of the molecule is COc1ccc(CCN(Cc2cc3cc(C)c(C)cc3[nH]c2=O)Cc2nnnn2C[C@@H]2CCCO2)cc1OC. The molecule has 10 heteroatoms. The first kappa shape index (κ1) is 26.8. The van der Waals surface area contributed by atoms with Crippen LogP contribution in [0.2, 0.25) is 0 Å². The topological polar surface area (TPSA) is 107 Å². The molecule has 3 heterocycles. The molecule has 0 spiro atoms. The summed E-state index contributed by atoms with van der Waals surface area (Å²) in [5.74, 6) is 2.14. The van der Waals surface area contributed by atoms with Crippen LogP contribution < -0.4 is 15.0 Å². The third-order valence-corrected chi connectivity index (χ3v) is 7.47. The molecule has 0 bridgehead atoms. The second-order valence-corrected chi connectivity index (χ2v) is 10.2. The van der Waals surface area contributed by atoms with Crippen LogP contribution in [0.25, 0.3) is 10.9 Å². The molecule has 1 aliphatic heterocycles. The molecule has 1 N–H and O–H groups in total. The van der Waals surface area contributed by atoms with Gasteiger partial charge in [-0.25, -0.2) is 4.68 Å². The summed E-state index contributed by atoms with van der Waals surface area (Å²) in [5, 5.41) is 13.5. The zero-order valence-electron chi connectivity index (χ0n) is 23.1. The summed E-state index contributed by atoms with van der Waals surface area (Å²) in [6.07, 6.45) is 2.94. The molecule has 0 unspecified atom stereocenters.